The van der Waals surface area contributed by atoms with Gasteiger partial charge < -0.3 is 10.6 Å². The molecule has 1 aromatic heterocycles. The Morgan fingerprint density at radius 1 is 1.11 bits per heavy atom. The molecule has 1 saturated heterocycles. The van der Waals surface area contributed by atoms with E-state index in [1.165, 1.54) is 67.2 Å². The van der Waals surface area contributed by atoms with Crippen LogP contribution in [-0.2, 0) is 6.42 Å². The molecule has 0 bridgehead atoms. The third kappa shape index (κ3) is 2.00. The summed E-state index contributed by atoms with van der Waals surface area (Å²) in [6, 6.07) is 0.969. The van der Waals surface area contributed by atoms with Crippen molar-refractivity contribution in [3.8, 4) is 0 Å². The maximum atomic E-state index is 6.22. The van der Waals surface area contributed by atoms with E-state index >= 15 is 0 Å². The lowest BCUT2D eigenvalue weighted by Gasteiger charge is -2.31. The van der Waals surface area contributed by atoms with Crippen LogP contribution in [0.25, 0.3) is 0 Å². The standard InChI is InChI=1S/C15H23N3S/c16-11-5-3-7-13-14(11)17-15(19-13)18-9-8-10-4-1-2-6-12(10)18/h10-12H,1-9,16H2. The number of anilines is 1. The van der Waals surface area contributed by atoms with Crippen LogP contribution in [-0.4, -0.2) is 17.6 Å². The van der Waals surface area contributed by atoms with Gasteiger partial charge in [-0.15, -0.1) is 11.3 Å². The highest BCUT2D eigenvalue weighted by Crippen LogP contribution is 2.42. The Hall–Kier alpha value is -0.610. The predicted molar refractivity (Wildman–Crippen MR) is 79.7 cm³/mol. The minimum absolute atomic E-state index is 0.193. The van der Waals surface area contributed by atoms with Gasteiger partial charge in [0, 0.05) is 23.5 Å². The van der Waals surface area contributed by atoms with E-state index in [1.54, 1.807) is 0 Å². The quantitative estimate of drug-likeness (QED) is 0.857. The summed E-state index contributed by atoms with van der Waals surface area (Å²) in [5.74, 6) is 0.934. The van der Waals surface area contributed by atoms with Gasteiger partial charge in [0.1, 0.15) is 0 Å². The molecule has 0 aromatic carbocycles. The molecule has 2 N–H and O–H groups in total. The molecule has 1 aromatic rings. The van der Waals surface area contributed by atoms with E-state index in [2.05, 4.69) is 4.90 Å². The van der Waals surface area contributed by atoms with Gasteiger partial charge in [-0.1, -0.05) is 12.8 Å². The molecule has 1 saturated carbocycles. The predicted octanol–water partition coefficient (Wildman–Crippen LogP) is 3.25. The van der Waals surface area contributed by atoms with Crippen molar-refractivity contribution in [1.82, 2.24) is 4.98 Å². The van der Waals surface area contributed by atoms with Gasteiger partial charge in [0.2, 0.25) is 0 Å². The maximum absolute atomic E-state index is 6.22. The van der Waals surface area contributed by atoms with Crippen molar-refractivity contribution in [2.24, 2.45) is 11.7 Å². The first-order valence-corrected chi connectivity index (χ1v) is 8.66. The van der Waals surface area contributed by atoms with Gasteiger partial charge >= 0.3 is 0 Å². The molecular weight excluding hydrogens is 254 g/mol. The number of aromatic nitrogens is 1. The van der Waals surface area contributed by atoms with E-state index in [4.69, 9.17) is 10.7 Å². The number of aryl methyl sites for hydroxylation is 1. The van der Waals surface area contributed by atoms with Crippen LogP contribution in [0.1, 0.15) is 61.6 Å². The molecule has 104 valence electrons. The molecule has 0 spiro atoms. The van der Waals surface area contributed by atoms with Crippen molar-refractivity contribution >= 4 is 16.5 Å². The second kappa shape index (κ2) is 4.74. The van der Waals surface area contributed by atoms with Crippen LogP contribution in [0.5, 0.6) is 0 Å². The number of hydrogen-bond acceptors (Lipinski definition) is 4. The summed E-state index contributed by atoms with van der Waals surface area (Å²) in [4.78, 5) is 9.00. The zero-order chi connectivity index (χ0) is 12.8. The van der Waals surface area contributed by atoms with Crippen molar-refractivity contribution in [3.05, 3.63) is 10.6 Å². The van der Waals surface area contributed by atoms with Gasteiger partial charge in [0.15, 0.2) is 5.13 Å². The van der Waals surface area contributed by atoms with Crippen LogP contribution < -0.4 is 10.6 Å². The van der Waals surface area contributed by atoms with Crippen molar-refractivity contribution in [3.63, 3.8) is 0 Å². The van der Waals surface area contributed by atoms with Gasteiger partial charge in [-0.2, -0.15) is 0 Å². The summed E-state index contributed by atoms with van der Waals surface area (Å²) in [7, 11) is 0. The van der Waals surface area contributed by atoms with Crippen molar-refractivity contribution in [1.29, 1.82) is 0 Å². The maximum Gasteiger partial charge on any atom is 0.186 e. The summed E-state index contributed by atoms with van der Waals surface area (Å²) in [5.41, 5.74) is 7.43. The van der Waals surface area contributed by atoms with Crippen LogP contribution >= 0.6 is 11.3 Å². The molecule has 0 radical (unpaired) electrons. The monoisotopic (exact) mass is 277 g/mol. The summed E-state index contributed by atoms with van der Waals surface area (Å²) in [6.45, 7) is 1.22. The average molecular weight is 277 g/mol. The largest absolute Gasteiger partial charge is 0.345 e. The van der Waals surface area contributed by atoms with Crippen LogP contribution in [0, 0.1) is 5.92 Å². The minimum atomic E-state index is 0.193. The Kier molecular flexibility index (Phi) is 3.03. The molecular formula is C15H23N3S. The number of thiazole rings is 1. The highest BCUT2D eigenvalue weighted by molar-refractivity contribution is 7.15. The average Bonchev–Trinajstić information content (AvgIpc) is 3.02. The first kappa shape index (κ1) is 12.2. The Labute approximate surface area is 119 Å². The SMILES string of the molecule is NC1CCCc2sc(N3CCC4CCCCC43)nc21. The van der Waals surface area contributed by atoms with Gasteiger partial charge in [-0.25, -0.2) is 4.98 Å². The zero-order valence-electron chi connectivity index (χ0n) is 11.5. The molecule has 19 heavy (non-hydrogen) atoms. The van der Waals surface area contributed by atoms with Crippen molar-refractivity contribution < 1.29 is 0 Å². The highest BCUT2D eigenvalue weighted by Gasteiger charge is 2.37. The fourth-order valence-corrected chi connectivity index (χ4v) is 5.46. The molecule has 0 amide bonds. The van der Waals surface area contributed by atoms with E-state index in [9.17, 15) is 0 Å². The lowest BCUT2D eigenvalue weighted by atomic mass is 9.85. The van der Waals surface area contributed by atoms with Gasteiger partial charge in [-0.3, -0.25) is 0 Å². The van der Waals surface area contributed by atoms with Crippen LogP contribution in [0.2, 0.25) is 0 Å². The summed E-state index contributed by atoms with van der Waals surface area (Å²) in [6.07, 6.45) is 10.6. The van der Waals surface area contributed by atoms with Gasteiger partial charge in [0.25, 0.3) is 0 Å². The molecule has 3 atom stereocenters. The molecule has 1 aliphatic heterocycles. The van der Waals surface area contributed by atoms with E-state index in [0.717, 1.165) is 18.4 Å². The highest BCUT2D eigenvalue weighted by atomic mass is 32.1. The summed E-state index contributed by atoms with van der Waals surface area (Å²) in [5, 5.41) is 1.27. The zero-order valence-corrected chi connectivity index (χ0v) is 12.3. The molecule has 2 heterocycles. The molecule has 2 aliphatic carbocycles. The number of fused-ring (bicyclic) bond motifs is 2. The topological polar surface area (TPSA) is 42.1 Å². The third-order valence-corrected chi connectivity index (χ3v) is 6.41. The number of rotatable bonds is 1. The summed E-state index contributed by atoms with van der Waals surface area (Å²) < 4.78 is 0. The fraction of sp³-hybridized carbons (Fsp3) is 0.800. The Bertz CT molecular complexity index is 470. The van der Waals surface area contributed by atoms with Crippen LogP contribution in [0.3, 0.4) is 0 Å². The van der Waals surface area contributed by atoms with E-state index in [-0.39, 0.29) is 6.04 Å². The van der Waals surface area contributed by atoms with Gasteiger partial charge in [0.05, 0.1) is 5.69 Å². The lowest BCUT2D eigenvalue weighted by Crippen LogP contribution is -2.34. The van der Waals surface area contributed by atoms with Crippen LogP contribution in [0.4, 0.5) is 5.13 Å². The number of hydrogen-bond donors (Lipinski definition) is 1. The first-order chi connectivity index (χ1) is 9.33. The lowest BCUT2D eigenvalue weighted by molar-refractivity contribution is 0.342. The number of nitrogens with zero attached hydrogens (tertiary/aromatic N) is 2. The van der Waals surface area contributed by atoms with Crippen LogP contribution in [0.15, 0.2) is 0 Å². The minimum Gasteiger partial charge on any atom is -0.345 e. The third-order valence-electron chi connectivity index (χ3n) is 5.24. The first-order valence-electron chi connectivity index (χ1n) is 7.85. The molecule has 2 fully saturated rings. The molecule has 4 heteroatoms. The Morgan fingerprint density at radius 2 is 2.00 bits per heavy atom. The van der Waals surface area contributed by atoms with Crippen molar-refractivity contribution in [2.75, 3.05) is 11.4 Å². The Balaban J connectivity index is 1.62. The second-order valence-corrected chi connectivity index (χ2v) is 7.46. The fourth-order valence-electron chi connectivity index (χ4n) is 4.20. The number of nitrogens with two attached hydrogens (primary N) is 1. The van der Waals surface area contributed by atoms with E-state index in [1.807, 2.05) is 11.3 Å². The van der Waals surface area contributed by atoms with E-state index < -0.39 is 0 Å². The molecule has 3 nitrogen and oxygen atoms in total. The molecule has 3 unspecified atom stereocenters. The van der Waals surface area contributed by atoms with Gasteiger partial charge in [-0.05, 0) is 44.4 Å². The van der Waals surface area contributed by atoms with Crippen molar-refractivity contribution in [2.45, 2.75) is 63.5 Å². The molecule has 4 rings (SSSR count). The second-order valence-electron chi connectivity index (χ2n) is 6.40. The Morgan fingerprint density at radius 3 is 2.89 bits per heavy atom. The molecule has 3 aliphatic rings. The summed E-state index contributed by atoms with van der Waals surface area (Å²) >= 11 is 1.93. The normalized spacial score (nSPS) is 34.2. The van der Waals surface area contributed by atoms with E-state index in [0.29, 0.717) is 0 Å². The smallest absolute Gasteiger partial charge is 0.186 e.